The number of aromatic amines is 1. The first-order valence-electron chi connectivity index (χ1n) is 5.26. The van der Waals surface area contributed by atoms with Crippen molar-refractivity contribution in [2.75, 3.05) is 5.32 Å². The highest BCUT2D eigenvalue weighted by Crippen LogP contribution is 2.12. The van der Waals surface area contributed by atoms with Crippen LogP contribution < -0.4 is 5.32 Å². The smallest absolute Gasteiger partial charge is 0.258 e. The number of hydrogen-bond acceptors (Lipinski definition) is 5. The van der Waals surface area contributed by atoms with Crippen molar-refractivity contribution < 1.29 is 9.32 Å². The Hall–Kier alpha value is -2.70. The highest BCUT2D eigenvalue weighted by atomic mass is 16.5. The zero-order valence-corrected chi connectivity index (χ0v) is 9.47. The fourth-order valence-corrected chi connectivity index (χ4v) is 1.57. The van der Waals surface area contributed by atoms with E-state index in [1.165, 1.54) is 12.5 Å². The third-order valence-electron chi connectivity index (χ3n) is 2.41. The molecule has 0 spiro atoms. The summed E-state index contributed by atoms with van der Waals surface area (Å²) in [6, 6.07) is 3.32. The Bertz CT molecular complexity index is 715. The van der Waals surface area contributed by atoms with Crippen LogP contribution in [0.5, 0.6) is 0 Å². The Kier molecular flexibility index (Phi) is 2.30. The highest BCUT2D eigenvalue weighted by molar-refractivity contribution is 6.04. The zero-order chi connectivity index (χ0) is 12.5. The molecular weight excluding hydrogens is 234 g/mol. The Morgan fingerprint density at radius 3 is 3.06 bits per heavy atom. The molecule has 0 atom stereocenters. The zero-order valence-electron chi connectivity index (χ0n) is 9.47. The van der Waals surface area contributed by atoms with Gasteiger partial charge < -0.3 is 14.8 Å². The molecule has 0 unspecified atom stereocenters. The number of nitrogens with zero attached hydrogens (tertiary/aromatic N) is 3. The molecule has 1 amide bonds. The molecule has 0 aliphatic heterocycles. The van der Waals surface area contributed by atoms with E-state index >= 15 is 0 Å². The largest absolute Gasteiger partial charge is 0.360 e. The first-order chi connectivity index (χ1) is 8.72. The lowest BCUT2D eigenvalue weighted by Gasteiger charge is -2.00. The molecule has 0 saturated heterocycles. The van der Waals surface area contributed by atoms with Gasteiger partial charge in [0.25, 0.3) is 5.91 Å². The van der Waals surface area contributed by atoms with Crippen LogP contribution in [0, 0.1) is 6.92 Å². The minimum atomic E-state index is -0.299. The van der Waals surface area contributed by atoms with Crippen molar-refractivity contribution in [1.29, 1.82) is 0 Å². The van der Waals surface area contributed by atoms with Crippen LogP contribution in [-0.2, 0) is 0 Å². The summed E-state index contributed by atoms with van der Waals surface area (Å²) < 4.78 is 4.86. The van der Waals surface area contributed by atoms with Crippen molar-refractivity contribution in [2.24, 2.45) is 0 Å². The number of rotatable bonds is 2. The molecule has 7 nitrogen and oxygen atoms in total. The number of aryl methyl sites for hydroxylation is 1. The van der Waals surface area contributed by atoms with Crippen LogP contribution >= 0.6 is 0 Å². The van der Waals surface area contributed by atoms with Crippen LogP contribution in [0.1, 0.15) is 16.1 Å². The number of hydrogen-bond donors (Lipinski definition) is 2. The number of carbonyl (C=O) groups is 1. The molecule has 0 aliphatic rings. The van der Waals surface area contributed by atoms with Crippen LogP contribution in [-0.4, -0.2) is 26.0 Å². The summed E-state index contributed by atoms with van der Waals surface area (Å²) in [5, 5.41) is 6.30. The van der Waals surface area contributed by atoms with Crippen LogP contribution in [0.25, 0.3) is 11.2 Å². The number of aromatic nitrogens is 4. The average molecular weight is 243 g/mol. The van der Waals surface area contributed by atoms with Gasteiger partial charge in [-0.1, -0.05) is 5.16 Å². The molecular formula is C11H9N5O2. The van der Waals surface area contributed by atoms with E-state index in [0.29, 0.717) is 28.3 Å². The fourth-order valence-electron chi connectivity index (χ4n) is 1.57. The third kappa shape index (κ3) is 1.81. The molecule has 0 saturated carbocycles. The second kappa shape index (κ2) is 3.95. The molecule has 18 heavy (non-hydrogen) atoms. The van der Waals surface area contributed by atoms with Gasteiger partial charge in [0.15, 0.2) is 11.5 Å². The number of fused-ring (bicyclic) bond motifs is 1. The number of imidazole rings is 1. The summed E-state index contributed by atoms with van der Waals surface area (Å²) >= 11 is 0. The molecule has 0 radical (unpaired) electrons. The van der Waals surface area contributed by atoms with Gasteiger partial charge in [-0.15, -0.1) is 0 Å². The summed E-state index contributed by atoms with van der Waals surface area (Å²) in [5.74, 6) is 0.710. The van der Waals surface area contributed by atoms with Gasteiger partial charge in [0, 0.05) is 12.3 Å². The highest BCUT2D eigenvalue weighted by Gasteiger charge is 2.10. The normalized spacial score (nSPS) is 10.7. The van der Waals surface area contributed by atoms with E-state index in [0.717, 1.165) is 0 Å². The molecule has 3 aromatic rings. The summed E-state index contributed by atoms with van der Waals surface area (Å²) in [5.41, 5.74) is 1.70. The molecule has 2 N–H and O–H groups in total. The van der Waals surface area contributed by atoms with Gasteiger partial charge >= 0.3 is 0 Å². The van der Waals surface area contributed by atoms with Gasteiger partial charge in [-0.2, -0.15) is 0 Å². The van der Waals surface area contributed by atoms with Crippen LogP contribution in [0.3, 0.4) is 0 Å². The number of carbonyl (C=O) groups excluding carboxylic acids is 1. The molecule has 7 heteroatoms. The number of anilines is 1. The van der Waals surface area contributed by atoms with E-state index in [2.05, 4.69) is 25.4 Å². The second-order valence-electron chi connectivity index (χ2n) is 3.77. The van der Waals surface area contributed by atoms with Crippen LogP contribution in [0.15, 0.2) is 29.2 Å². The summed E-state index contributed by atoms with van der Waals surface area (Å²) in [6.45, 7) is 1.75. The van der Waals surface area contributed by atoms with E-state index in [1.807, 2.05) is 0 Å². The standard InChI is InChI=1S/C11H9N5O2/c1-6-2-9(16-18-6)15-11(17)7-3-8-10(12-4-7)14-5-13-8/h2-5H,1H3,(H,12,13,14)(H,15,16,17). The lowest BCUT2D eigenvalue weighted by atomic mass is 10.2. The average Bonchev–Trinajstić information content (AvgIpc) is 2.96. The number of pyridine rings is 1. The van der Waals surface area contributed by atoms with Crippen molar-refractivity contribution in [3.05, 3.63) is 36.0 Å². The summed E-state index contributed by atoms with van der Waals surface area (Å²) in [4.78, 5) is 22.9. The topological polar surface area (TPSA) is 96.7 Å². The minimum Gasteiger partial charge on any atom is -0.360 e. The van der Waals surface area contributed by atoms with Gasteiger partial charge in [0.2, 0.25) is 0 Å². The first kappa shape index (κ1) is 10.5. The molecule has 3 rings (SSSR count). The van der Waals surface area contributed by atoms with E-state index in [-0.39, 0.29) is 5.91 Å². The Labute approximate surface area is 101 Å². The van der Waals surface area contributed by atoms with E-state index in [4.69, 9.17) is 4.52 Å². The van der Waals surface area contributed by atoms with Gasteiger partial charge in [0.05, 0.1) is 17.4 Å². The maximum Gasteiger partial charge on any atom is 0.258 e. The Morgan fingerprint density at radius 2 is 2.28 bits per heavy atom. The Morgan fingerprint density at radius 1 is 1.39 bits per heavy atom. The van der Waals surface area contributed by atoms with Crippen molar-refractivity contribution in [3.8, 4) is 0 Å². The predicted octanol–water partition coefficient (Wildman–Crippen LogP) is 1.51. The maximum absolute atomic E-state index is 11.9. The third-order valence-corrected chi connectivity index (χ3v) is 2.41. The van der Waals surface area contributed by atoms with Crippen LogP contribution in [0.4, 0.5) is 5.82 Å². The number of H-pyrrole nitrogens is 1. The lowest BCUT2D eigenvalue weighted by molar-refractivity contribution is 0.102. The first-order valence-corrected chi connectivity index (χ1v) is 5.26. The molecule has 0 aliphatic carbocycles. The predicted molar refractivity (Wildman–Crippen MR) is 63.1 cm³/mol. The lowest BCUT2D eigenvalue weighted by Crippen LogP contribution is -2.12. The van der Waals surface area contributed by atoms with Gasteiger partial charge in [0.1, 0.15) is 5.76 Å². The monoisotopic (exact) mass is 243 g/mol. The van der Waals surface area contributed by atoms with Gasteiger partial charge in [-0.25, -0.2) is 9.97 Å². The number of amides is 1. The molecule has 0 bridgehead atoms. The van der Waals surface area contributed by atoms with E-state index in [1.54, 1.807) is 19.1 Å². The fraction of sp³-hybridized carbons (Fsp3) is 0.0909. The van der Waals surface area contributed by atoms with Crippen molar-refractivity contribution >= 4 is 22.9 Å². The van der Waals surface area contributed by atoms with Crippen molar-refractivity contribution in [2.45, 2.75) is 6.92 Å². The van der Waals surface area contributed by atoms with Crippen LogP contribution in [0.2, 0.25) is 0 Å². The SMILES string of the molecule is Cc1cc(NC(=O)c2cnc3nc[nH]c3c2)no1. The summed E-state index contributed by atoms with van der Waals surface area (Å²) in [6.07, 6.45) is 2.99. The summed E-state index contributed by atoms with van der Waals surface area (Å²) in [7, 11) is 0. The Balaban J connectivity index is 1.87. The second-order valence-corrected chi connectivity index (χ2v) is 3.77. The van der Waals surface area contributed by atoms with Gasteiger partial charge in [-0.05, 0) is 13.0 Å². The molecule has 3 heterocycles. The quantitative estimate of drug-likeness (QED) is 0.711. The van der Waals surface area contributed by atoms with Crippen molar-refractivity contribution in [1.82, 2.24) is 20.1 Å². The number of nitrogens with one attached hydrogen (secondary N) is 2. The molecule has 0 aromatic carbocycles. The van der Waals surface area contributed by atoms with Crippen molar-refractivity contribution in [3.63, 3.8) is 0 Å². The molecule has 3 aromatic heterocycles. The van der Waals surface area contributed by atoms with E-state index in [9.17, 15) is 4.79 Å². The van der Waals surface area contributed by atoms with Gasteiger partial charge in [-0.3, -0.25) is 4.79 Å². The molecule has 0 fully saturated rings. The molecule has 90 valence electrons. The maximum atomic E-state index is 11.9. The minimum absolute atomic E-state index is 0.299. The van der Waals surface area contributed by atoms with E-state index < -0.39 is 0 Å².